The zero-order valence-electron chi connectivity index (χ0n) is 14.9. The van der Waals surface area contributed by atoms with E-state index in [0.717, 1.165) is 41.8 Å². The summed E-state index contributed by atoms with van der Waals surface area (Å²) in [6.07, 6.45) is 2.31. The van der Waals surface area contributed by atoms with Gasteiger partial charge < -0.3 is 14.2 Å². The first-order chi connectivity index (χ1) is 12.1. The number of carbonyl (C=O) groups excluding carboxylic acids is 1. The fourth-order valence-electron chi connectivity index (χ4n) is 3.14. The molecule has 0 N–H and O–H groups in total. The van der Waals surface area contributed by atoms with Crippen LogP contribution >= 0.6 is 11.8 Å². The number of piperidine rings is 1. The van der Waals surface area contributed by atoms with Gasteiger partial charge in [-0.25, -0.2) is 0 Å². The lowest BCUT2D eigenvalue weighted by molar-refractivity contribution is -0.130. The normalized spacial score (nSPS) is 17.6. The topological polar surface area (TPSA) is 60.3 Å². The Kier molecular flexibility index (Phi) is 5.63. The lowest BCUT2D eigenvalue weighted by Gasteiger charge is -2.30. The van der Waals surface area contributed by atoms with E-state index in [2.05, 4.69) is 17.1 Å². The van der Waals surface area contributed by atoms with Gasteiger partial charge in [-0.05, 0) is 30.9 Å². The lowest BCUT2D eigenvalue weighted by Crippen LogP contribution is -2.40. The highest BCUT2D eigenvalue weighted by Crippen LogP contribution is 2.30. The number of benzene rings is 1. The monoisotopic (exact) mass is 360 g/mol. The molecule has 1 aliphatic heterocycles. The van der Waals surface area contributed by atoms with Crippen LogP contribution in [0.3, 0.4) is 0 Å². The number of aromatic nitrogens is 3. The van der Waals surface area contributed by atoms with Gasteiger partial charge >= 0.3 is 0 Å². The van der Waals surface area contributed by atoms with Gasteiger partial charge in [-0.15, -0.1) is 10.2 Å². The second kappa shape index (κ2) is 7.91. The quantitative estimate of drug-likeness (QED) is 0.768. The molecule has 0 bridgehead atoms. The molecular formula is C18H24N4O2S. The van der Waals surface area contributed by atoms with Crippen LogP contribution in [0.4, 0.5) is 0 Å². The second-order valence-corrected chi connectivity index (χ2v) is 7.38. The lowest BCUT2D eigenvalue weighted by atomic mass is 10.0. The maximum absolute atomic E-state index is 12.4. The first-order valence-corrected chi connectivity index (χ1v) is 9.52. The van der Waals surface area contributed by atoms with Crippen molar-refractivity contribution in [3.05, 3.63) is 24.3 Å². The standard InChI is InChI=1S/C18H24N4O2S/c1-13-7-6-10-22(11-13)16(23)12-25-18-20-19-17(21(18)2)14-8-4-5-9-15(14)24-3/h4-5,8-9,13H,6-7,10-12H2,1-3H3. The summed E-state index contributed by atoms with van der Waals surface area (Å²) in [5, 5.41) is 9.27. The Morgan fingerprint density at radius 2 is 2.16 bits per heavy atom. The Bertz CT molecular complexity index is 746. The SMILES string of the molecule is COc1ccccc1-c1nnc(SCC(=O)N2CCCC(C)C2)n1C. The van der Waals surface area contributed by atoms with Gasteiger partial charge in [0.25, 0.3) is 0 Å². The highest BCUT2D eigenvalue weighted by molar-refractivity contribution is 7.99. The summed E-state index contributed by atoms with van der Waals surface area (Å²) >= 11 is 1.44. The summed E-state index contributed by atoms with van der Waals surface area (Å²) in [5.41, 5.74) is 0.892. The Balaban J connectivity index is 1.68. The average molecular weight is 360 g/mol. The van der Waals surface area contributed by atoms with Crippen LogP contribution in [0.15, 0.2) is 29.4 Å². The largest absolute Gasteiger partial charge is 0.496 e. The molecule has 0 aliphatic carbocycles. The van der Waals surface area contributed by atoms with Crippen molar-refractivity contribution in [1.29, 1.82) is 0 Å². The molecule has 7 heteroatoms. The Hall–Kier alpha value is -2.02. The molecule has 6 nitrogen and oxygen atoms in total. The summed E-state index contributed by atoms with van der Waals surface area (Å²) in [7, 11) is 3.56. The van der Waals surface area contributed by atoms with Crippen LogP contribution in [0.2, 0.25) is 0 Å². The van der Waals surface area contributed by atoms with Crippen molar-refractivity contribution < 1.29 is 9.53 Å². The minimum absolute atomic E-state index is 0.179. The van der Waals surface area contributed by atoms with E-state index in [9.17, 15) is 4.79 Å². The van der Waals surface area contributed by atoms with Gasteiger partial charge in [0, 0.05) is 20.1 Å². The average Bonchev–Trinajstić information content (AvgIpc) is 3.00. The number of amides is 1. The van der Waals surface area contributed by atoms with E-state index >= 15 is 0 Å². The fourth-order valence-corrected chi connectivity index (χ4v) is 3.95. The molecule has 2 aromatic rings. The first kappa shape index (κ1) is 17.8. The third-order valence-electron chi connectivity index (χ3n) is 4.52. The first-order valence-electron chi connectivity index (χ1n) is 8.53. The van der Waals surface area contributed by atoms with Gasteiger partial charge in [0.05, 0.1) is 18.4 Å². The number of rotatable bonds is 5. The Morgan fingerprint density at radius 3 is 2.92 bits per heavy atom. The van der Waals surface area contributed by atoms with Gasteiger partial charge in [0.2, 0.25) is 5.91 Å². The maximum atomic E-state index is 12.4. The molecule has 0 radical (unpaired) electrons. The summed E-state index contributed by atoms with van der Waals surface area (Å²) in [4.78, 5) is 14.4. The minimum Gasteiger partial charge on any atom is -0.496 e. The molecule has 1 fully saturated rings. The van der Waals surface area contributed by atoms with Crippen LogP contribution < -0.4 is 4.74 Å². The molecule has 134 valence electrons. The van der Waals surface area contributed by atoms with E-state index < -0.39 is 0 Å². The van der Waals surface area contributed by atoms with Crippen LogP contribution in [-0.2, 0) is 11.8 Å². The van der Waals surface area contributed by atoms with Crippen LogP contribution in [-0.4, -0.2) is 51.5 Å². The summed E-state index contributed by atoms with van der Waals surface area (Å²) in [6.45, 7) is 3.94. The number of carbonyl (C=O) groups is 1. The number of ether oxygens (including phenoxy) is 1. The summed E-state index contributed by atoms with van der Waals surface area (Å²) in [5.74, 6) is 2.66. The number of hydrogen-bond donors (Lipinski definition) is 0. The van der Waals surface area contributed by atoms with Crippen LogP contribution in [0.25, 0.3) is 11.4 Å². The molecule has 1 saturated heterocycles. The van der Waals surface area contributed by atoms with Crippen molar-refractivity contribution in [3.63, 3.8) is 0 Å². The number of methoxy groups -OCH3 is 1. The molecule has 3 rings (SSSR count). The molecule has 1 atom stereocenters. The summed E-state index contributed by atoms with van der Waals surface area (Å²) < 4.78 is 7.31. The van der Waals surface area contributed by atoms with E-state index in [0.29, 0.717) is 11.7 Å². The minimum atomic E-state index is 0.179. The molecule has 1 unspecified atom stereocenters. The molecule has 1 aromatic carbocycles. The van der Waals surface area contributed by atoms with Crippen molar-refractivity contribution in [2.24, 2.45) is 13.0 Å². The van der Waals surface area contributed by atoms with Crippen molar-refractivity contribution >= 4 is 17.7 Å². The van der Waals surface area contributed by atoms with Gasteiger partial charge in [0.15, 0.2) is 11.0 Å². The fraction of sp³-hybridized carbons (Fsp3) is 0.500. The summed E-state index contributed by atoms with van der Waals surface area (Å²) in [6, 6.07) is 7.72. The number of thioether (sulfide) groups is 1. The van der Waals surface area contributed by atoms with Gasteiger partial charge in [0.1, 0.15) is 5.75 Å². The van der Waals surface area contributed by atoms with Gasteiger partial charge in [-0.2, -0.15) is 0 Å². The molecule has 1 aliphatic rings. The number of likely N-dealkylation sites (tertiary alicyclic amines) is 1. The van der Waals surface area contributed by atoms with Crippen LogP contribution in [0.1, 0.15) is 19.8 Å². The molecule has 1 aromatic heterocycles. The zero-order valence-corrected chi connectivity index (χ0v) is 15.8. The van der Waals surface area contributed by atoms with E-state index in [1.54, 1.807) is 7.11 Å². The molecule has 1 amide bonds. The molecule has 0 spiro atoms. The number of hydrogen-bond acceptors (Lipinski definition) is 5. The maximum Gasteiger partial charge on any atom is 0.233 e. The van der Waals surface area contributed by atoms with Crippen LogP contribution in [0.5, 0.6) is 5.75 Å². The Morgan fingerprint density at radius 1 is 1.36 bits per heavy atom. The van der Waals surface area contributed by atoms with Crippen molar-refractivity contribution in [2.45, 2.75) is 24.9 Å². The predicted molar refractivity (Wildman–Crippen MR) is 98.7 cm³/mol. The Labute approximate surface area is 152 Å². The number of nitrogens with zero attached hydrogens (tertiary/aromatic N) is 4. The zero-order chi connectivity index (χ0) is 17.8. The van der Waals surface area contributed by atoms with E-state index in [4.69, 9.17) is 4.74 Å². The van der Waals surface area contributed by atoms with E-state index in [-0.39, 0.29) is 5.91 Å². The van der Waals surface area contributed by atoms with Gasteiger partial charge in [-0.1, -0.05) is 30.8 Å². The predicted octanol–water partition coefficient (Wildman–Crippen LogP) is 2.84. The van der Waals surface area contributed by atoms with E-state index in [1.165, 1.54) is 18.2 Å². The van der Waals surface area contributed by atoms with Crippen LogP contribution in [0, 0.1) is 5.92 Å². The third-order valence-corrected chi connectivity index (χ3v) is 5.52. The molecular weight excluding hydrogens is 336 g/mol. The van der Waals surface area contributed by atoms with Gasteiger partial charge in [-0.3, -0.25) is 4.79 Å². The van der Waals surface area contributed by atoms with Crippen molar-refractivity contribution in [3.8, 4) is 17.1 Å². The highest BCUT2D eigenvalue weighted by Gasteiger charge is 2.22. The third kappa shape index (κ3) is 3.98. The highest BCUT2D eigenvalue weighted by atomic mass is 32.2. The smallest absolute Gasteiger partial charge is 0.233 e. The molecule has 2 heterocycles. The molecule has 0 saturated carbocycles. The van der Waals surface area contributed by atoms with E-state index in [1.807, 2.05) is 40.8 Å². The molecule has 25 heavy (non-hydrogen) atoms. The second-order valence-electron chi connectivity index (χ2n) is 6.44. The number of para-hydroxylation sites is 1. The van der Waals surface area contributed by atoms with Crippen molar-refractivity contribution in [1.82, 2.24) is 19.7 Å². The van der Waals surface area contributed by atoms with Crippen molar-refractivity contribution in [2.75, 3.05) is 26.0 Å².